The van der Waals surface area contributed by atoms with Crippen LogP contribution in [0.25, 0.3) is 0 Å². The van der Waals surface area contributed by atoms with Crippen LogP contribution >= 0.6 is 0 Å². The molecule has 1 aliphatic heterocycles. The van der Waals surface area contributed by atoms with Gasteiger partial charge in [0, 0.05) is 12.5 Å². The molecule has 4 amide bonds. The highest BCUT2D eigenvalue weighted by molar-refractivity contribution is 6.09. The van der Waals surface area contributed by atoms with Gasteiger partial charge in [-0.2, -0.15) is 13.2 Å². The smallest absolute Gasteiger partial charge is 0.318 e. The van der Waals surface area contributed by atoms with Crippen LogP contribution in [0.2, 0.25) is 0 Å². The summed E-state index contributed by atoms with van der Waals surface area (Å²) in [5.74, 6) is -1.95. The molecule has 0 bridgehead atoms. The van der Waals surface area contributed by atoms with Crippen LogP contribution < -0.4 is 10.6 Å². The Morgan fingerprint density at radius 3 is 2.26 bits per heavy atom. The molecule has 0 spiro atoms. The maximum Gasteiger partial charge on any atom is 0.440 e. The molecular weight excluding hydrogens is 363 g/mol. The van der Waals surface area contributed by atoms with Crippen molar-refractivity contribution in [3.63, 3.8) is 0 Å². The van der Waals surface area contributed by atoms with E-state index in [2.05, 4.69) is 0 Å². The number of nitrogens with zero attached hydrogens (tertiary/aromatic N) is 1. The molecule has 3 rings (SSSR count). The van der Waals surface area contributed by atoms with E-state index >= 15 is 0 Å². The zero-order valence-electron chi connectivity index (χ0n) is 15.2. The van der Waals surface area contributed by atoms with E-state index in [9.17, 15) is 27.6 Å². The first-order valence-electron chi connectivity index (χ1n) is 9.78. The Balaban J connectivity index is 1.70. The first-order chi connectivity index (χ1) is 12.7. The van der Waals surface area contributed by atoms with Gasteiger partial charge in [-0.1, -0.05) is 44.9 Å². The van der Waals surface area contributed by atoms with Crippen LogP contribution in [0.3, 0.4) is 0 Å². The van der Waals surface area contributed by atoms with E-state index in [1.807, 2.05) is 5.32 Å². The Morgan fingerprint density at radius 2 is 1.67 bits per heavy atom. The van der Waals surface area contributed by atoms with Crippen LogP contribution in [0.5, 0.6) is 0 Å². The summed E-state index contributed by atoms with van der Waals surface area (Å²) in [6, 6.07) is -1.63. The molecule has 1 saturated heterocycles. The Bertz CT molecular complexity index is 598. The largest absolute Gasteiger partial charge is 0.440 e. The summed E-state index contributed by atoms with van der Waals surface area (Å²) in [5, 5.41) is 3.55. The van der Waals surface area contributed by atoms with Gasteiger partial charge in [-0.25, -0.2) is 4.79 Å². The number of amides is 4. The van der Waals surface area contributed by atoms with Crippen molar-refractivity contribution < 1.29 is 27.6 Å². The minimum atomic E-state index is -5.12. The molecule has 0 aromatic rings. The van der Waals surface area contributed by atoms with Gasteiger partial charge in [-0.05, 0) is 25.2 Å². The molecule has 3 aliphatic rings. The maximum atomic E-state index is 13.8. The summed E-state index contributed by atoms with van der Waals surface area (Å²) >= 11 is 0. The molecule has 2 N–H and O–H groups in total. The summed E-state index contributed by atoms with van der Waals surface area (Å²) < 4.78 is 41.3. The second-order valence-electron chi connectivity index (χ2n) is 7.88. The number of carbonyl (C=O) groups is 3. The van der Waals surface area contributed by atoms with Crippen LogP contribution in [-0.4, -0.2) is 40.6 Å². The monoisotopic (exact) mass is 389 g/mol. The van der Waals surface area contributed by atoms with Crippen LogP contribution in [0, 0.1) is 5.92 Å². The van der Waals surface area contributed by atoms with Crippen LogP contribution in [0.15, 0.2) is 0 Å². The number of urea groups is 1. The number of hydrogen-bond donors (Lipinski definition) is 2. The summed E-state index contributed by atoms with van der Waals surface area (Å²) in [7, 11) is 0. The molecule has 0 aromatic heterocycles. The minimum absolute atomic E-state index is 0.0882. The molecule has 2 saturated carbocycles. The predicted octanol–water partition coefficient (Wildman–Crippen LogP) is 3.22. The molecule has 6 nitrogen and oxygen atoms in total. The average Bonchev–Trinajstić information content (AvgIpc) is 3.21. The highest BCUT2D eigenvalue weighted by Gasteiger charge is 2.69. The van der Waals surface area contributed by atoms with Crippen molar-refractivity contribution >= 4 is 17.8 Å². The lowest BCUT2D eigenvalue weighted by Gasteiger charge is -2.31. The number of nitrogens with one attached hydrogen (secondary N) is 2. The molecule has 1 heterocycles. The highest BCUT2D eigenvalue weighted by atomic mass is 19.4. The Labute approximate surface area is 156 Å². The first-order valence-corrected chi connectivity index (χ1v) is 9.78. The summed E-state index contributed by atoms with van der Waals surface area (Å²) in [6.45, 7) is 0. The number of rotatable bonds is 5. The van der Waals surface area contributed by atoms with Gasteiger partial charge in [-0.15, -0.1) is 0 Å². The standard InChI is InChI=1S/C18H26F3N3O3/c19-18(20,21)17(22-14(25)11-10-12-6-2-1-3-7-12)15(26)24(16(27)23-17)13-8-4-5-9-13/h12-13H,1-11H2,(H,22,25)(H,23,27). The van der Waals surface area contributed by atoms with Crippen LogP contribution in [0.4, 0.5) is 18.0 Å². The van der Waals surface area contributed by atoms with Gasteiger partial charge < -0.3 is 5.32 Å². The van der Waals surface area contributed by atoms with E-state index in [0.29, 0.717) is 30.1 Å². The van der Waals surface area contributed by atoms with E-state index in [1.54, 1.807) is 5.32 Å². The molecule has 1 unspecified atom stereocenters. The lowest BCUT2D eigenvalue weighted by molar-refractivity contribution is -0.204. The molecule has 9 heteroatoms. The summed E-state index contributed by atoms with van der Waals surface area (Å²) in [4.78, 5) is 37.7. The van der Waals surface area contributed by atoms with E-state index in [1.165, 1.54) is 0 Å². The van der Waals surface area contributed by atoms with Crippen molar-refractivity contribution in [3.8, 4) is 0 Å². The second-order valence-corrected chi connectivity index (χ2v) is 7.88. The Kier molecular flexibility index (Phi) is 5.67. The van der Waals surface area contributed by atoms with Crippen molar-refractivity contribution in [1.29, 1.82) is 0 Å². The van der Waals surface area contributed by atoms with Gasteiger partial charge in [0.15, 0.2) is 0 Å². The normalized spacial score (nSPS) is 27.9. The number of alkyl halides is 3. The maximum absolute atomic E-state index is 13.8. The molecular formula is C18H26F3N3O3. The minimum Gasteiger partial charge on any atom is -0.318 e. The summed E-state index contributed by atoms with van der Waals surface area (Å²) in [5.41, 5.74) is -3.35. The zero-order chi connectivity index (χ0) is 19.7. The van der Waals surface area contributed by atoms with Gasteiger partial charge in [0.2, 0.25) is 5.91 Å². The zero-order valence-corrected chi connectivity index (χ0v) is 15.2. The van der Waals surface area contributed by atoms with E-state index < -0.39 is 35.7 Å². The van der Waals surface area contributed by atoms with Crippen molar-refractivity contribution in [1.82, 2.24) is 15.5 Å². The molecule has 1 atom stereocenters. The van der Waals surface area contributed by atoms with Gasteiger partial charge in [0.05, 0.1) is 0 Å². The fourth-order valence-electron chi connectivity index (χ4n) is 4.47. The van der Waals surface area contributed by atoms with Gasteiger partial charge >= 0.3 is 12.2 Å². The number of carbonyl (C=O) groups excluding carboxylic acids is 3. The average molecular weight is 389 g/mol. The lowest BCUT2D eigenvalue weighted by atomic mass is 9.86. The topological polar surface area (TPSA) is 78.5 Å². The van der Waals surface area contributed by atoms with Gasteiger partial charge in [-0.3, -0.25) is 19.8 Å². The molecule has 27 heavy (non-hydrogen) atoms. The number of halogens is 3. The fraction of sp³-hybridized carbons (Fsp3) is 0.833. The van der Waals surface area contributed by atoms with Crippen molar-refractivity contribution in [2.24, 2.45) is 5.92 Å². The molecule has 152 valence electrons. The fourth-order valence-corrected chi connectivity index (χ4v) is 4.47. The van der Waals surface area contributed by atoms with Gasteiger partial charge in [0.1, 0.15) is 0 Å². The predicted molar refractivity (Wildman–Crippen MR) is 90.4 cm³/mol. The summed E-state index contributed by atoms with van der Waals surface area (Å²) in [6.07, 6.45) is 3.03. The third kappa shape index (κ3) is 3.91. The third-order valence-corrected chi connectivity index (χ3v) is 6.00. The highest BCUT2D eigenvalue weighted by Crippen LogP contribution is 2.37. The van der Waals surface area contributed by atoms with E-state index in [-0.39, 0.29) is 6.42 Å². The van der Waals surface area contributed by atoms with E-state index in [4.69, 9.17) is 0 Å². The van der Waals surface area contributed by atoms with Gasteiger partial charge in [0.25, 0.3) is 11.6 Å². The first kappa shape index (κ1) is 19.9. The molecule has 2 aliphatic carbocycles. The van der Waals surface area contributed by atoms with Crippen LogP contribution in [0.1, 0.15) is 70.6 Å². The third-order valence-electron chi connectivity index (χ3n) is 6.00. The SMILES string of the molecule is O=C(CCC1CCCCC1)NC1(C(F)(F)F)NC(=O)N(C2CCCC2)C1=O. The van der Waals surface area contributed by atoms with Crippen LogP contribution in [-0.2, 0) is 9.59 Å². The molecule has 0 aromatic carbocycles. The number of hydrogen-bond acceptors (Lipinski definition) is 3. The number of imide groups is 1. The lowest BCUT2D eigenvalue weighted by Crippen LogP contribution is -2.69. The Hall–Kier alpha value is -1.80. The van der Waals surface area contributed by atoms with Crippen molar-refractivity contribution in [3.05, 3.63) is 0 Å². The molecule has 0 radical (unpaired) electrons. The Morgan fingerprint density at radius 1 is 1.07 bits per heavy atom. The van der Waals surface area contributed by atoms with E-state index in [0.717, 1.165) is 44.9 Å². The molecule has 3 fully saturated rings. The van der Waals surface area contributed by atoms with Crippen molar-refractivity contribution in [2.45, 2.75) is 88.5 Å². The quantitative estimate of drug-likeness (QED) is 0.709. The van der Waals surface area contributed by atoms with Crippen molar-refractivity contribution in [2.75, 3.05) is 0 Å². The second kappa shape index (κ2) is 7.67.